The Kier molecular flexibility index (Phi) is 5.58. The van der Waals surface area contributed by atoms with Crippen molar-refractivity contribution in [2.24, 2.45) is 0 Å². The number of carbonyl (C=O) groups is 3. The molecule has 0 saturated heterocycles. The minimum atomic E-state index is -1.41. The van der Waals surface area contributed by atoms with Crippen molar-refractivity contribution >= 4 is 17.8 Å². The number of amides is 1. The van der Waals surface area contributed by atoms with Crippen molar-refractivity contribution in [1.82, 2.24) is 4.90 Å². The molecule has 114 valence electrons. The van der Waals surface area contributed by atoms with Crippen LogP contribution in [0.3, 0.4) is 0 Å². The van der Waals surface area contributed by atoms with E-state index in [2.05, 4.69) is 0 Å². The van der Waals surface area contributed by atoms with Gasteiger partial charge in [0.05, 0.1) is 0 Å². The first-order chi connectivity index (χ1) is 9.79. The fraction of sp³-hybridized carbons (Fsp3) is 0.250. The molecule has 0 aliphatic rings. The number of carboxylic acid groups (broad SMARTS) is 2. The molecule has 2 N–H and O–H groups in total. The van der Waals surface area contributed by atoms with Gasteiger partial charge in [-0.3, -0.25) is 14.4 Å². The Morgan fingerprint density at radius 1 is 1.10 bits per heavy atom. The molecule has 7 nitrogen and oxygen atoms in total. The summed E-state index contributed by atoms with van der Waals surface area (Å²) >= 11 is 0. The number of ether oxygens (including phenoxy) is 1. The van der Waals surface area contributed by atoms with Gasteiger partial charge in [0.1, 0.15) is 18.9 Å². The third-order valence-corrected chi connectivity index (χ3v) is 2.25. The van der Waals surface area contributed by atoms with Crippen LogP contribution in [-0.4, -0.2) is 52.7 Å². The molecule has 0 aliphatic heterocycles. The van der Waals surface area contributed by atoms with Crippen LogP contribution in [0.25, 0.3) is 0 Å². The van der Waals surface area contributed by atoms with Crippen LogP contribution in [0.5, 0.6) is 5.75 Å². The lowest BCUT2D eigenvalue weighted by Crippen LogP contribution is -2.41. The number of hydrogen-bond acceptors (Lipinski definition) is 4. The highest BCUT2D eigenvalue weighted by atomic mass is 19.1. The largest absolute Gasteiger partial charge is 0.481 e. The Morgan fingerprint density at radius 3 is 2.14 bits per heavy atom. The van der Waals surface area contributed by atoms with E-state index in [0.29, 0.717) is 11.0 Å². The van der Waals surface area contributed by atoms with Gasteiger partial charge in [0.2, 0.25) is 0 Å². The van der Waals surface area contributed by atoms with Crippen LogP contribution in [0, 0.1) is 11.6 Å². The molecule has 1 aromatic rings. The average Bonchev–Trinajstić information content (AvgIpc) is 2.35. The van der Waals surface area contributed by atoms with Crippen molar-refractivity contribution < 1.29 is 38.1 Å². The van der Waals surface area contributed by atoms with E-state index in [1.165, 1.54) is 0 Å². The molecule has 0 fully saturated rings. The number of carbonyl (C=O) groups excluding carboxylic acids is 1. The molecule has 1 amide bonds. The topological polar surface area (TPSA) is 104 Å². The van der Waals surface area contributed by atoms with Crippen molar-refractivity contribution in [2.75, 3.05) is 19.7 Å². The summed E-state index contributed by atoms with van der Waals surface area (Å²) in [6.45, 7) is -2.44. The standard InChI is InChI=1S/C12H11F2NO6/c13-7-1-2-9(8(14)3-7)21-6-10(16)15(4-11(17)18)5-12(19)20/h1-3H,4-6H2,(H,17,18)(H,19,20). The number of benzene rings is 1. The van der Waals surface area contributed by atoms with Gasteiger partial charge < -0.3 is 19.8 Å². The molecule has 0 bridgehead atoms. The normalized spacial score (nSPS) is 10.0. The second kappa shape index (κ2) is 7.17. The molecular formula is C12H11F2NO6. The van der Waals surface area contributed by atoms with E-state index < -0.39 is 54.9 Å². The van der Waals surface area contributed by atoms with Crippen molar-refractivity contribution in [3.63, 3.8) is 0 Å². The van der Waals surface area contributed by atoms with Gasteiger partial charge in [-0.15, -0.1) is 0 Å². The molecule has 1 aromatic carbocycles. The molecule has 0 heterocycles. The second-order valence-corrected chi connectivity index (χ2v) is 3.90. The molecule has 21 heavy (non-hydrogen) atoms. The summed E-state index contributed by atoms with van der Waals surface area (Å²) in [5.74, 6) is -6.04. The summed E-state index contributed by atoms with van der Waals surface area (Å²) in [6.07, 6.45) is 0. The van der Waals surface area contributed by atoms with Gasteiger partial charge in [-0.2, -0.15) is 0 Å². The molecule has 0 unspecified atom stereocenters. The minimum Gasteiger partial charge on any atom is -0.481 e. The maximum Gasteiger partial charge on any atom is 0.323 e. The maximum absolute atomic E-state index is 13.2. The molecule has 0 spiro atoms. The number of hydrogen-bond donors (Lipinski definition) is 2. The summed E-state index contributed by atoms with van der Waals surface area (Å²) in [7, 11) is 0. The Bertz CT molecular complexity index is 547. The zero-order valence-electron chi connectivity index (χ0n) is 10.6. The fourth-order valence-corrected chi connectivity index (χ4v) is 1.38. The molecule has 0 aliphatic carbocycles. The van der Waals surface area contributed by atoms with Gasteiger partial charge in [-0.05, 0) is 12.1 Å². The van der Waals surface area contributed by atoms with Crippen LogP contribution in [0.15, 0.2) is 18.2 Å². The van der Waals surface area contributed by atoms with Crippen LogP contribution in [0.1, 0.15) is 0 Å². The van der Waals surface area contributed by atoms with Gasteiger partial charge in [0, 0.05) is 6.07 Å². The molecule has 0 aromatic heterocycles. The highest BCUT2D eigenvalue weighted by molar-refractivity contribution is 5.85. The summed E-state index contributed by atoms with van der Waals surface area (Å²) in [4.78, 5) is 33.2. The third-order valence-electron chi connectivity index (χ3n) is 2.25. The number of carboxylic acids is 2. The van der Waals surface area contributed by atoms with Crippen molar-refractivity contribution in [2.45, 2.75) is 0 Å². The van der Waals surface area contributed by atoms with Gasteiger partial charge in [-0.25, -0.2) is 8.78 Å². The zero-order chi connectivity index (χ0) is 16.0. The zero-order valence-corrected chi connectivity index (χ0v) is 10.6. The number of nitrogens with zero attached hydrogens (tertiary/aromatic N) is 1. The summed E-state index contributed by atoms with van der Waals surface area (Å²) in [5, 5.41) is 17.2. The maximum atomic E-state index is 13.2. The molecule has 9 heteroatoms. The highest BCUT2D eigenvalue weighted by Crippen LogP contribution is 2.17. The Balaban J connectivity index is 2.68. The van der Waals surface area contributed by atoms with E-state index in [1.54, 1.807) is 0 Å². The van der Waals surface area contributed by atoms with E-state index in [0.717, 1.165) is 12.1 Å². The van der Waals surface area contributed by atoms with Crippen LogP contribution in [-0.2, 0) is 14.4 Å². The lowest BCUT2D eigenvalue weighted by Gasteiger charge is -2.18. The third kappa shape index (κ3) is 5.43. The Morgan fingerprint density at radius 2 is 1.67 bits per heavy atom. The average molecular weight is 303 g/mol. The number of aliphatic carboxylic acids is 2. The SMILES string of the molecule is O=C(O)CN(CC(=O)O)C(=O)COc1ccc(F)cc1F. The van der Waals surface area contributed by atoms with Crippen LogP contribution < -0.4 is 4.74 Å². The van der Waals surface area contributed by atoms with Crippen LogP contribution in [0.2, 0.25) is 0 Å². The van der Waals surface area contributed by atoms with E-state index in [-0.39, 0.29) is 0 Å². The number of rotatable bonds is 7. The quantitative estimate of drug-likeness (QED) is 0.753. The first kappa shape index (κ1) is 16.3. The summed E-state index contributed by atoms with van der Waals surface area (Å²) in [5.41, 5.74) is 0. The fourth-order valence-electron chi connectivity index (χ4n) is 1.38. The van der Waals surface area contributed by atoms with Crippen molar-refractivity contribution in [3.05, 3.63) is 29.8 Å². The van der Waals surface area contributed by atoms with E-state index >= 15 is 0 Å². The van der Waals surface area contributed by atoms with Crippen LogP contribution in [0.4, 0.5) is 8.78 Å². The van der Waals surface area contributed by atoms with Crippen molar-refractivity contribution in [1.29, 1.82) is 0 Å². The molecule has 0 saturated carbocycles. The predicted molar refractivity (Wildman–Crippen MR) is 63.7 cm³/mol. The van der Waals surface area contributed by atoms with Crippen molar-refractivity contribution in [3.8, 4) is 5.75 Å². The smallest absolute Gasteiger partial charge is 0.323 e. The van der Waals surface area contributed by atoms with E-state index in [4.69, 9.17) is 14.9 Å². The number of halogens is 2. The molecule has 0 atom stereocenters. The van der Waals surface area contributed by atoms with Gasteiger partial charge in [0.15, 0.2) is 18.2 Å². The molecular weight excluding hydrogens is 292 g/mol. The summed E-state index contributed by atoms with van der Waals surface area (Å²) in [6, 6.07) is 2.41. The lowest BCUT2D eigenvalue weighted by molar-refractivity contribution is -0.150. The van der Waals surface area contributed by atoms with E-state index in [1.807, 2.05) is 0 Å². The monoisotopic (exact) mass is 303 g/mol. The lowest BCUT2D eigenvalue weighted by atomic mass is 10.3. The highest BCUT2D eigenvalue weighted by Gasteiger charge is 2.20. The van der Waals surface area contributed by atoms with Gasteiger partial charge in [0.25, 0.3) is 5.91 Å². The minimum absolute atomic E-state index is 0.407. The second-order valence-electron chi connectivity index (χ2n) is 3.90. The van der Waals surface area contributed by atoms with E-state index in [9.17, 15) is 23.2 Å². The van der Waals surface area contributed by atoms with Crippen LogP contribution >= 0.6 is 0 Å². The summed E-state index contributed by atoms with van der Waals surface area (Å²) < 4.78 is 30.7. The predicted octanol–water partition coefficient (Wildman–Crippen LogP) is 0.341. The molecule has 1 rings (SSSR count). The Hall–Kier alpha value is -2.71. The van der Waals surface area contributed by atoms with Gasteiger partial charge in [-0.1, -0.05) is 0 Å². The van der Waals surface area contributed by atoms with Gasteiger partial charge >= 0.3 is 11.9 Å². The first-order valence-electron chi connectivity index (χ1n) is 5.59. The first-order valence-corrected chi connectivity index (χ1v) is 5.59. The molecule has 0 radical (unpaired) electrons. The Labute approximate surface area is 117 Å².